The van der Waals surface area contributed by atoms with Crippen LogP contribution in [0.2, 0.25) is 0 Å². The molecule has 24 heavy (non-hydrogen) atoms. The van der Waals surface area contributed by atoms with Crippen LogP contribution in [0, 0.1) is 0 Å². The summed E-state index contributed by atoms with van der Waals surface area (Å²) in [6.07, 6.45) is 11.5. The predicted molar refractivity (Wildman–Crippen MR) is 111 cm³/mol. The molecule has 1 aliphatic heterocycles. The number of carbonyl (C=O) groups is 1. The summed E-state index contributed by atoms with van der Waals surface area (Å²) < 4.78 is 0. The fourth-order valence-electron chi connectivity index (χ4n) is 3.20. The molecule has 0 radical (unpaired) electrons. The van der Waals surface area contributed by atoms with Gasteiger partial charge in [0.2, 0.25) is 5.91 Å². The molecular weight excluding hydrogens is 415 g/mol. The summed E-state index contributed by atoms with van der Waals surface area (Å²) in [6, 6.07) is 0. The van der Waals surface area contributed by atoms with Gasteiger partial charge in [0.15, 0.2) is 5.96 Å². The molecule has 2 rings (SSSR count). The second-order valence-corrected chi connectivity index (χ2v) is 6.38. The molecule has 0 aromatic carbocycles. The van der Waals surface area contributed by atoms with Crippen molar-refractivity contribution in [2.75, 3.05) is 32.7 Å². The van der Waals surface area contributed by atoms with E-state index in [9.17, 15) is 4.79 Å². The Morgan fingerprint density at radius 3 is 2.67 bits per heavy atom. The summed E-state index contributed by atoms with van der Waals surface area (Å²) in [5, 5.41) is 6.64. The van der Waals surface area contributed by atoms with E-state index in [4.69, 9.17) is 0 Å². The maximum Gasteiger partial charge on any atom is 0.224 e. The fraction of sp³-hybridized carbons (Fsp3) is 0.778. The number of halogens is 1. The predicted octanol–water partition coefficient (Wildman–Crippen LogP) is 3.06. The monoisotopic (exact) mass is 448 g/mol. The van der Waals surface area contributed by atoms with Crippen molar-refractivity contribution in [1.82, 2.24) is 15.5 Å². The van der Waals surface area contributed by atoms with E-state index in [-0.39, 0.29) is 29.9 Å². The van der Waals surface area contributed by atoms with Crippen molar-refractivity contribution in [3.63, 3.8) is 0 Å². The van der Waals surface area contributed by atoms with E-state index in [0.29, 0.717) is 13.0 Å². The third kappa shape index (κ3) is 7.85. The van der Waals surface area contributed by atoms with Gasteiger partial charge in [-0.05, 0) is 51.9 Å². The summed E-state index contributed by atoms with van der Waals surface area (Å²) in [6.45, 7) is 6.24. The molecule has 1 fully saturated rings. The van der Waals surface area contributed by atoms with Gasteiger partial charge in [0.1, 0.15) is 0 Å². The molecule has 1 saturated heterocycles. The van der Waals surface area contributed by atoms with E-state index in [1.807, 2.05) is 4.90 Å². The topological polar surface area (TPSA) is 56.7 Å². The molecule has 1 heterocycles. The molecule has 1 aliphatic carbocycles. The van der Waals surface area contributed by atoms with Gasteiger partial charge in [-0.2, -0.15) is 0 Å². The third-order valence-corrected chi connectivity index (χ3v) is 4.52. The van der Waals surface area contributed by atoms with Crippen LogP contribution in [0.15, 0.2) is 16.6 Å². The van der Waals surface area contributed by atoms with Gasteiger partial charge in [-0.15, -0.1) is 24.0 Å². The van der Waals surface area contributed by atoms with Crippen LogP contribution in [-0.2, 0) is 4.79 Å². The highest BCUT2D eigenvalue weighted by atomic mass is 127. The maximum atomic E-state index is 12.0. The molecule has 0 aromatic rings. The second kappa shape index (κ2) is 12.6. The lowest BCUT2D eigenvalue weighted by Gasteiger charge is -2.16. The summed E-state index contributed by atoms with van der Waals surface area (Å²) in [5.74, 6) is 1.08. The van der Waals surface area contributed by atoms with E-state index in [2.05, 4.69) is 28.6 Å². The normalized spacial score (nSPS) is 18.0. The van der Waals surface area contributed by atoms with Crippen molar-refractivity contribution >= 4 is 35.8 Å². The minimum Gasteiger partial charge on any atom is -0.357 e. The lowest BCUT2D eigenvalue weighted by molar-refractivity contribution is -0.129. The number of hydrogen-bond donors (Lipinski definition) is 2. The average Bonchev–Trinajstić information content (AvgIpc) is 3.10. The third-order valence-electron chi connectivity index (χ3n) is 4.52. The Morgan fingerprint density at radius 2 is 2.00 bits per heavy atom. The molecule has 0 aromatic heterocycles. The number of nitrogens with zero attached hydrogens (tertiary/aromatic N) is 2. The zero-order valence-electron chi connectivity index (χ0n) is 15.0. The van der Waals surface area contributed by atoms with E-state index in [0.717, 1.165) is 51.4 Å². The summed E-state index contributed by atoms with van der Waals surface area (Å²) in [7, 11) is 0. The molecule has 138 valence electrons. The highest BCUT2D eigenvalue weighted by Crippen LogP contribution is 2.19. The molecule has 0 atom stereocenters. The van der Waals surface area contributed by atoms with Crippen LogP contribution in [0.25, 0.3) is 0 Å². The Morgan fingerprint density at radius 1 is 1.21 bits per heavy atom. The minimum absolute atomic E-state index is 0. The number of guanidine groups is 1. The Kier molecular flexibility index (Phi) is 11.1. The van der Waals surface area contributed by atoms with Gasteiger partial charge in [0.05, 0.1) is 6.54 Å². The fourth-order valence-corrected chi connectivity index (χ4v) is 3.20. The van der Waals surface area contributed by atoms with Gasteiger partial charge >= 0.3 is 0 Å². The van der Waals surface area contributed by atoms with Gasteiger partial charge in [-0.1, -0.05) is 11.6 Å². The SMILES string of the molecule is CCNC(=NCCC(=O)N1CCCC1)NCCC1=CCCCC1.I. The first-order valence-corrected chi connectivity index (χ1v) is 9.27. The van der Waals surface area contributed by atoms with Gasteiger partial charge in [-0.25, -0.2) is 0 Å². The zero-order chi connectivity index (χ0) is 16.3. The van der Waals surface area contributed by atoms with Crippen molar-refractivity contribution in [2.45, 2.75) is 58.3 Å². The Bertz CT molecular complexity index is 431. The number of allylic oxidation sites excluding steroid dienone is 1. The largest absolute Gasteiger partial charge is 0.357 e. The lowest BCUT2D eigenvalue weighted by Crippen LogP contribution is -2.38. The molecule has 1 amide bonds. The van der Waals surface area contributed by atoms with Crippen LogP contribution in [0.4, 0.5) is 0 Å². The summed E-state index contributed by atoms with van der Waals surface area (Å²) in [5.41, 5.74) is 1.57. The van der Waals surface area contributed by atoms with Gasteiger partial charge < -0.3 is 15.5 Å². The quantitative estimate of drug-likeness (QED) is 0.273. The summed E-state index contributed by atoms with van der Waals surface area (Å²) in [4.78, 5) is 18.5. The Hall–Kier alpha value is -0.790. The number of rotatable bonds is 7. The van der Waals surface area contributed by atoms with E-state index in [1.54, 1.807) is 5.57 Å². The number of nitrogens with one attached hydrogen (secondary N) is 2. The Labute approximate surface area is 163 Å². The van der Waals surface area contributed by atoms with Gasteiger partial charge in [-0.3, -0.25) is 9.79 Å². The van der Waals surface area contributed by atoms with Crippen LogP contribution in [0.5, 0.6) is 0 Å². The summed E-state index contributed by atoms with van der Waals surface area (Å²) >= 11 is 0. The molecule has 2 N–H and O–H groups in total. The second-order valence-electron chi connectivity index (χ2n) is 6.38. The van der Waals surface area contributed by atoms with Gasteiger partial charge in [0, 0.05) is 32.6 Å². The van der Waals surface area contributed by atoms with Crippen molar-refractivity contribution in [3.8, 4) is 0 Å². The molecule has 0 spiro atoms. The standard InChI is InChI=1S/C18H32N4O.HI/c1-2-19-18(20-12-10-16-8-4-3-5-9-16)21-13-11-17(23)22-14-6-7-15-22;/h8H,2-7,9-15H2,1H3,(H2,19,20,21);1H. The van der Waals surface area contributed by atoms with Crippen molar-refractivity contribution in [2.24, 2.45) is 4.99 Å². The highest BCUT2D eigenvalue weighted by Gasteiger charge is 2.16. The lowest BCUT2D eigenvalue weighted by atomic mass is 9.97. The number of carbonyl (C=O) groups excluding carboxylic acids is 1. The smallest absolute Gasteiger partial charge is 0.224 e. The molecule has 0 bridgehead atoms. The first-order valence-electron chi connectivity index (χ1n) is 9.27. The number of likely N-dealkylation sites (tertiary alicyclic amines) is 1. The molecule has 2 aliphatic rings. The number of amides is 1. The van der Waals surface area contributed by atoms with E-state index in [1.165, 1.54) is 25.7 Å². The number of aliphatic imine (C=N–C) groups is 1. The first kappa shape index (κ1) is 21.3. The molecular formula is C18H33IN4O. The molecule has 5 nitrogen and oxygen atoms in total. The van der Waals surface area contributed by atoms with Gasteiger partial charge in [0.25, 0.3) is 0 Å². The minimum atomic E-state index is 0. The van der Waals surface area contributed by atoms with E-state index >= 15 is 0 Å². The van der Waals surface area contributed by atoms with Crippen LogP contribution in [-0.4, -0.2) is 49.5 Å². The highest BCUT2D eigenvalue weighted by molar-refractivity contribution is 14.0. The molecule has 0 saturated carbocycles. The van der Waals surface area contributed by atoms with Crippen LogP contribution in [0.3, 0.4) is 0 Å². The van der Waals surface area contributed by atoms with Crippen molar-refractivity contribution in [3.05, 3.63) is 11.6 Å². The molecule has 6 heteroatoms. The Balaban J connectivity index is 0.00000288. The first-order chi connectivity index (χ1) is 11.3. The average molecular weight is 448 g/mol. The molecule has 0 unspecified atom stereocenters. The van der Waals surface area contributed by atoms with E-state index < -0.39 is 0 Å². The van der Waals surface area contributed by atoms with Crippen molar-refractivity contribution < 1.29 is 4.79 Å². The zero-order valence-corrected chi connectivity index (χ0v) is 17.3. The van der Waals surface area contributed by atoms with Crippen LogP contribution in [0.1, 0.15) is 58.3 Å². The maximum absolute atomic E-state index is 12.0. The van der Waals surface area contributed by atoms with Crippen molar-refractivity contribution in [1.29, 1.82) is 0 Å². The van der Waals surface area contributed by atoms with Crippen LogP contribution < -0.4 is 10.6 Å². The number of hydrogen-bond acceptors (Lipinski definition) is 2. The van der Waals surface area contributed by atoms with Crippen LogP contribution >= 0.6 is 24.0 Å².